The number of carbonyl (C=O) groups is 4. The van der Waals surface area contributed by atoms with Crippen LogP contribution in [0.5, 0.6) is 0 Å². The van der Waals surface area contributed by atoms with Crippen molar-refractivity contribution in [3.8, 4) is 22.4 Å². The SMILES string of the molecule is COC(=O)NC(C(=O)N1CCCC1CN=C(CN)c1ccc(-c2ccc(-c3cnc(C4CCNCCN4C(=O)C(NC(=O)OC)C(C)C)[nH]3)cc2)cc1)C(C)C. The minimum absolute atomic E-state index is 0.0772. The first-order valence-corrected chi connectivity index (χ1v) is 19.5. The molecule has 15 nitrogen and oxygen atoms in total. The van der Waals surface area contributed by atoms with Crippen molar-refractivity contribution in [2.24, 2.45) is 22.6 Å². The number of carbonyl (C=O) groups excluding carboxylic acids is 4. The van der Waals surface area contributed by atoms with E-state index in [2.05, 4.69) is 33.1 Å². The predicted molar refractivity (Wildman–Crippen MR) is 215 cm³/mol. The molecular formula is C41H57N9O6. The Kier molecular flexibility index (Phi) is 14.6. The van der Waals surface area contributed by atoms with Gasteiger partial charge < -0.3 is 45.9 Å². The van der Waals surface area contributed by atoms with Crippen LogP contribution < -0.4 is 21.7 Å². The molecule has 2 aliphatic heterocycles. The van der Waals surface area contributed by atoms with Gasteiger partial charge in [0.1, 0.15) is 17.9 Å². The standard InChI is InChI=1S/C41H57N9O6/c1-25(2)35(47-40(53)55-5)38(51)49-20-7-8-31(49)23-44-32(22-42)29-13-9-27(10-14-29)28-11-15-30(16-12-28)33-24-45-37(46-33)34-17-18-43-19-21-50(34)39(52)36(26(3)4)48-41(54)56-6/h9-16,24-26,31,34-36,43H,7-8,17-23,42H2,1-6H3,(H,45,46)(H,47,53)(H,48,54). The third kappa shape index (κ3) is 10.1. The molecule has 4 atom stereocenters. The maximum atomic E-state index is 13.8. The smallest absolute Gasteiger partial charge is 0.407 e. The normalized spacial score (nSPS) is 18.7. The van der Waals surface area contributed by atoms with Crippen molar-refractivity contribution in [2.75, 3.05) is 53.5 Å². The third-order valence-corrected chi connectivity index (χ3v) is 10.6. The molecule has 56 heavy (non-hydrogen) atoms. The van der Waals surface area contributed by atoms with Crippen molar-refractivity contribution in [3.63, 3.8) is 0 Å². The molecule has 0 aliphatic carbocycles. The lowest BCUT2D eigenvalue weighted by Gasteiger charge is -2.33. The highest BCUT2D eigenvalue weighted by Gasteiger charge is 2.37. The summed E-state index contributed by atoms with van der Waals surface area (Å²) in [4.78, 5) is 67.9. The molecule has 4 unspecified atom stereocenters. The minimum Gasteiger partial charge on any atom is -0.453 e. The van der Waals surface area contributed by atoms with Gasteiger partial charge in [0.05, 0.1) is 50.5 Å². The van der Waals surface area contributed by atoms with Gasteiger partial charge in [-0.15, -0.1) is 0 Å². The van der Waals surface area contributed by atoms with Crippen LogP contribution in [0.3, 0.4) is 0 Å². The second-order valence-electron chi connectivity index (χ2n) is 15.0. The molecule has 2 aliphatic rings. The van der Waals surface area contributed by atoms with Crippen LogP contribution in [-0.4, -0.2) is 121 Å². The molecule has 302 valence electrons. The van der Waals surface area contributed by atoms with Crippen molar-refractivity contribution in [1.29, 1.82) is 0 Å². The van der Waals surface area contributed by atoms with E-state index in [1.165, 1.54) is 14.2 Å². The van der Waals surface area contributed by atoms with Gasteiger partial charge in [-0.05, 0) is 59.9 Å². The van der Waals surface area contributed by atoms with Crippen LogP contribution in [0.25, 0.3) is 22.4 Å². The zero-order valence-corrected chi connectivity index (χ0v) is 33.3. The van der Waals surface area contributed by atoms with Crippen LogP contribution in [0, 0.1) is 11.8 Å². The second kappa shape index (κ2) is 19.5. The first kappa shape index (κ1) is 41.9. The fraction of sp³-hybridized carbons (Fsp3) is 0.512. The molecule has 4 amide bonds. The summed E-state index contributed by atoms with van der Waals surface area (Å²) in [7, 11) is 2.57. The van der Waals surface area contributed by atoms with E-state index in [-0.39, 0.29) is 42.3 Å². The largest absolute Gasteiger partial charge is 0.453 e. The molecule has 15 heteroatoms. The molecule has 0 saturated carbocycles. The topological polar surface area (TPSA) is 196 Å². The van der Waals surface area contributed by atoms with E-state index in [9.17, 15) is 19.2 Å². The average Bonchev–Trinajstić information content (AvgIpc) is 3.83. The van der Waals surface area contributed by atoms with E-state index >= 15 is 0 Å². The molecule has 0 bridgehead atoms. The highest BCUT2D eigenvalue weighted by atomic mass is 16.5. The number of likely N-dealkylation sites (tertiary alicyclic amines) is 1. The molecule has 0 radical (unpaired) electrons. The number of nitrogens with zero attached hydrogens (tertiary/aromatic N) is 4. The van der Waals surface area contributed by atoms with Crippen molar-refractivity contribution in [3.05, 3.63) is 66.1 Å². The van der Waals surface area contributed by atoms with E-state index in [0.717, 1.165) is 53.0 Å². The summed E-state index contributed by atoms with van der Waals surface area (Å²) >= 11 is 0. The van der Waals surface area contributed by atoms with Gasteiger partial charge in [-0.3, -0.25) is 14.6 Å². The highest BCUT2D eigenvalue weighted by Crippen LogP contribution is 2.29. The number of H-pyrrole nitrogens is 1. The number of hydrogen-bond acceptors (Lipinski definition) is 10. The molecule has 0 spiro atoms. The fourth-order valence-electron chi connectivity index (χ4n) is 7.33. The summed E-state index contributed by atoms with van der Waals surface area (Å²) in [6.45, 7) is 10.7. The maximum absolute atomic E-state index is 13.8. The summed E-state index contributed by atoms with van der Waals surface area (Å²) in [5.41, 5.74) is 11.7. The van der Waals surface area contributed by atoms with Gasteiger partial charge in [-0.1, -0.05) is 76.2 Å². The van der Waals surface area contributed by atoms with Crippen molar-refractivity contribution in [1.82, 2.24) is 35.7 Å². The molecule has 2 fully saturated rings. The van der Waals surface area contributed by atoms with Crippen LogP contribution in [0.1, 0.15) is 64.4 Å². The number of imidazole rings is 1. The Balaban J connectivity index is 1.25. The molecule has 3 aromatic rings. The monoisotopic (exact) mass is 771 g/mol. The summed E-state index contributed by atoms with van der Waals surface area (Å²) in [5.74, 6) is 0.169. The van der Waals surface area contributed by atoms with Crippen molar-refractivity contribution < 1.29 is 28.7 Å². The summed E-state index contributed by atoms with van der Waals surface area (Å²) in [6.07, 6.45) is 2.90. The molecule has 6 N–H and O–H groups in total. The van der Waals surface area contributed by atoms with E-state index in [1.807, 2.05) is 69.0 Å². The Morgan fingerprint density at radius 2 is 1.39 bits per heavy atom. The van der Waals surface area contributed by atoms with Crippen LogP contribution in [0.2, 0.25) is 0 Å². The number of aromatic nitrogens is 2. The van der Waals surface area contributed by atoms with Gasteiger partial charge in [0.2, 0.25) is 11.8 Å². The summed E-state index contributed by atoms with van der Waals surface area (Å²) in [5, 5.41) is 8.77. The van der Waals surface area contributed by atoms with Gasteiger partial charge in [0.15, 0.2) is 0 Å². The number of nitrogens with one attached hydrogen (secondary N) is 4. The fourth-order valence-corrected chi connectivity index (χ4v) is 7.33. The van der Waals surface area contributed by atoms with Gasteiger partial charge in [0.25, 0.3) is 0 Å². The minimum atomic E-state index is -0.727. The van der Waals surface area contributed by atoms with E-state index < -0.39 is 24.3 Å². The highest BCUT2D eigenvalue weighted by molar-refractivity contribution is 6.02. The number of methoxy groups -OCH3 is 2. The number of amides is 4. The number of alkyl carbamates (subject to hydrolysis) is 2. The Hall–Kier alpha value is -5.28. The number of rotatable bonds is 13. The molecule has 2 saturated heterocycles. The summed E-state index contributed by atoms with van der Waals surface area (Å²) < 4.78 is 9.53. The zero-order chi connectivity index (χ0) is 40.4. The average molecular weight is 772 g/mol. The number of benzene rings is 2. The lowest BCUT2D eigenvalue weighted by molar-refractivity contribution is -0.137. The van der Waals surface area contributed by atoms with Crippen molar-refractivity contribution >= 4 is 29.7 Å². The maximum Gasteiger partial charge on any atom is 0.407 e. The number of aromatic amines is 1. The quantitative estimate of drug-likeness (QED) is 0.159. The predicted octanol–water partition coefficient (Wildman–Crippen LogP) is 4.11. The van der Waals surface area contributed by atoms with E-state index in [1.54, 1.807) is 11.1 Å². The van der Waals surface area contributed by atoms with Crippen LogP contribution in [-0.2, 0) is 19.1 Å². The van der Waals surface area contributed by atoms with Crippen molar-refractivity contribution in [2.45, 2.75) is 71.1 Å². The number of nitrogens with two attached hydrogens (primary N) is 1. The van der Waals surface area contributed by atoms with Crippen LogP contribution >= 0.6 is 0 Å². The second-order valence-corrected chi connectivity index (χ2v) is 15.0. The van der Waals surface area contributed by atoms with Gasteiger partial charge in [0, 0.05) is 26.2 Å². The molecule has 1 aromatic heterocycles. The lowest BCUT2D eigenvalue weighted by atomic mass is 10.0. The first-order valence-electron chi connectivity index (χ1n) is 19.5. The van der Waals surface area contributed by atoms with Crippen LogP contribution in [0.15, 0.2) is 59.7 Å². The van der Waals surface area contributed by atoms with Gasteiger partial charge in [-0.25, -0.2) is 14.6 Å². The Morgan fingerprint density at radius 3 is 1.96 bits per heavy atom. The summed E-state index contributed by atoms with van der Waals surface area (Å²) in [6, 6.07) is 14.6. The third-order valence-electron chi connectivity index (χ3n) is 10.6. The lowest BCUT2D eigenvalue weighted by Crippen LogP contribution is -2.53. The zero-order valence-electron chi connectivity index (χ0n) is 33.3. The first-order chi connectivity index (χ1) is 26.9. The van der Waals surface area contributed by atoms with E-state index in [0.29, 0.717) is 38.4 Å². The molecule has 5 rings (SSSR count). The van der Waals surface area contributed by atoms with Gasteiger partial charge >= 0.3 is 12.2 Å². The van der Waals surface area contributed by atoms with Gasteiger partial charge in [-0.2, -0.15) is 0 Å². The number of aliphatic imine (C=N–C) groups is 1. The van der Waals surface area contributed by atoms with Crippen LogP contribution in [0.4, 0.5) is 9.59 Å². The molecular weight excluding hydrogens is 715 g/mol. The molecule has 3 heterocycles. The number of hydrogen-bond donors (Lipinski definition) is 5. The Labute approximate surface area is 329 Å². The molecule has 2 aromatic carbocycles. The Morgan fingerprint density at radius 1 is 0.821 bits per heavy atom. The Bertz CT molecular complexity index is 1830. The van der Waals surface area contributed by atoms with E-state index in [4.69, 9.17) is 25.2 Å². The number of ether oxygens (including phenoxy) is 2.